The molecule has 10 rings (SSSR count). The van der Waals surface area contributed by atoms with Crippen LogP contribution in [-0.4, -0.2) is 263 Å². The highest BCUT2D eigenvalue weighted by Gasteiger charge is 2.72. The topological polar surface area (TPSA) is 413 Å². The number of ether oxygens (including phenoxy) is 10. The number of carbonyl (C=O) groups excluding carboxylic acids is 1. The summed E-state index contributed by atoms with van der Waals surface area (Å²) in [7, 11) is 0. The molecular formula is C59H96O26. The molecule has 5 saturated heterocycles. The van der Waals surface area contributed by atoms with Gasteiger partial charge in [-0.3, -0.25) is 4.79 Å². The third-order valence-corrected chi connectivity index (χ3v) is 23.3. The molecule has 0 aromatic carbocycles. The highest BCUT2D eigenvalue weighted by Crippen LogP contribution is 2.76. The van der Waals surface area contributed by atoms with E-state index in [9.17, 15) is 76.6 Å². The maximum Gasteiger partial charge on any atom is 0.315 e. The summed E-state index contributed by atoms with van der Waals surface area (Å²) >= 11 is 0. The number of allylic oxidation sites excluding steroid dienone is 2. The van der Waals surface area contributed by atoms with E-state index in [1.165, 1.54) is 19.4 Å². The van der Waals surface area contributed by atoms with E-state index >= 15 is 4.79 Å². The summed E-state index contributed by atoms with van der Waals surface area (Å²) in [5.41, 5.74) is -1.72. The minimum atomic E-state index is -1.90. The maximum atomic E-state index is 15.2. The van der Waals surface area contributed by atoms with Gasteiger partial charge in [0.15, 0.2) is 25.2 Å². The van der Waals surface area contributed by atoms with Crippen molar-refractivity contribution < 1.29 is 129 Å². The largest absolute Gasteiger partial charge is 0.432 e. The lowest BCUT2D eigenvalue weighted by atomic mass is 9.34. The molecule has 10 aliphatic rings. The van der Waals surface area contributed by atoms with Gasteiger partial charge in [0.1, 0.15) is 104 Å². The molecule has 85 heavy (non-hydrogen) atoms. The van der Waals surface area contributed by atoms with Gasteiger partial charge in [0.05, 0.1) is 50.2 Å². The molecule has 34 atom stereocenters. The molecule has 5 heterocycles. The average Bonchev–Trinajstić information content (AvgIpc) is 1.62. The van der Waals surface area contributed by atoms with Crippen LogP contribution in [0.15, 0.2) is 11.6 Å². The Hall–Kier alpha value is -1.75. The van der Waals surface area contributed by atoms with Gasteiger partial charge in [-0.05, 0) is 117 Å². The normalized spacial score (nSPS) is 55.4. The second-order valence-corrected chi connectivity index (χ2v) is 28.0. The molecule has 15 N–H and O–H groups in total. The summed E-state index contributed by atoms with van der Waals surface area (Å²) in [6, 6.07) is 0. The van der Waals surface area contributed by atoms with Crippen molar-refractivity contribution in [3.8, 4) is 0 Å². The molecular weight excluding hydrogens is 1120 g/mol. The highest BCUT2D eigenvalue weighted by atomic mass is 16.8. The zero-order valence-electron chi connectivity index (χ0n) is 49.8. The van der Waals surface area contributed by atoms with E-state index < -0.39 is 189 Å². The standard InChI is InChI=1S/C59H96O26/c1-23(2)26-11-16-59(54(75)85-52-45(73)41(69)38(66)30(81-52)21-77-49-46(74)42(70)47(29(19-60)80-49)83-50-43(71)39(67)35(63)24(3)78-50)18-17-57(7)27(34(26)59)9-10-32-55(5)14-13-33(56(6,22-61)31(55)12-15-58(32,57)8)82-53-48(37(65)28(62)20-76-53)84-51-44(72)40(68)36(64)25(4)79-51/h9,23-26,28-53,60-74H,10-22H2,1-8H3/t24-,25-,26-,28-,29+,30+,31-,32+,33-,34+,35-,36-,37-,38-,39+,40+,41-,42+,43+,44+,45+,46+,47+,48+,49+,50-,51-,52-,53-,55-,56-,57+,58+,59-/m0/s1. The predicted octanol–water partition coefficient (Wildman–Crippen LogP) is -2.69. The Bertz CT molecular complexity index is 2350. The molecule has 0 unspecified atom stereocenters. The maximum absolute atomic E-state index is 15.2. The Balaban J connectivity index is 0.834. The molecule has 0 radical (unpaired) electrons. The molecule has 0 aromatic rings. The van der Waals surface area contributed by atoms with E-state index in [1.54, 1.807) is 0 Å². The van der Waals surface area contributed by atoms with Gasteiger partial charge in [-0.25, -0.2) is 0 Å². The van der Waals surface area contributed by atoms with Crippen LogP contribution in [0.5, 0.6) is 0 Å². The number of rotatable bonds is 14. The molecule has 0 bridgehead atoms. The summed E-state index contributed by atoms with van der Waals surface area (Å²) in [5, 5.41) is 163. The molecule has 5 aliphatic carbocycles. The summed E-state index contributed by atoms with van der Waals surface area (Å²) in [5.74, 6) is -0.603. The van der Waals surface area contributed by atoms with Crippen LogP contribution in [0.1, 0.15) is 113 Å². The molecule has 26 nitrogen and oxygen atoms in total. The van der Waals surface area contributed by atoms with Crippen LogP contribution in [0, 0.1) is 56.7 Å². The zero-order valence-corrected chi connectivity index (χ0v) is 49.8. The first-order chi connectivity index (χ1) is 39.9. The Morgan fingerprint density at radius 2 is 1.18 bits per heavy atom. The van der Waals surface area contributed by atoms with Crippen LogP contribution in [-0.2, 0) is 52.2 Å². The monoisotopic (exact) mass is 1220 g/mol. The molecule has 26 heteroatoms. The average molecular weight is 1220 g/mol. The van der Waals surface area contributed by atoms with E-state index in [0.29, 0.717) is 44.9 Å². The van der Waals surface area contributed by atoms with Gasteiger partial charge in [-0.2, -0.15) is 0 Å². The summed E-state index contributed by atoms with van der Waals surface area (Å²) in [4.78, 5) is 15.2. The van der Waals surface area contributed by atoms with Crippen molar-refractivity contribution in [3.63, 3.8) is 0 Å². The lowest BCUT2D eigenvalue weighted by Crippen LogP contribution is -2.67. The minimum absolute atomic E-state index is 0.0658. The second-order valence-electron chi connectivity index (χ2n) is 28.0. The Morgan fingerprint density at radius 1 is 0.588 bits per heavy atom. The predicted molar refractivity (Wildman–Crippen MR) is 288 cm³/mol. The first kappa shape index (κ1) is 66.2. The van der Waals surface area contributed by atoms with Gasteiger partial charge in [0, 0.05) is 5.41 Å². The first-order valence-electron chi connectivity index (χ1n) is 30.7. The van der Waals surface area contributed by atoms with E-state index in [4.69, 9.17) is 47.4 Å². The fourth-order valence-electron chi connectivity index (χ4n) is 17.8. The number of aliphatic hydroxyl groups is 15. The Morgan fingerprint density at radius 3 is 1.79 bits per heavy atom. The SMILES string of the molecule is CC(C)[C@@H]1CC[C@]2(C(=O)O[C@@H]3O[C@H](CO[C@@H]4O[C@H](CO)[C@@H](O[C@@H]5O[C@@H](C)[C@H](O)[C@@H](O)[C@H]5O)[C@H](O)[C@H]4O)[C@H](O)[C@H](O)[C@H]3O)CC[C@]3(C)C(=CC[C@@H]4[C@@]5(C)CC[C@H](O[C@@H]6OC[C@H](O)[C@H](O)[C@H]6O[C@@H]6O[C@@H](C)[C@H](O)[C@@H](O)[C@H]6O)[C@@](C)(CO)[C@H]5CC[C@]43C)[C@@H]12. The molecule has 0 amide bonds. The van der Waals surface area contributed by atoms with Crippen molar-refractivity contribution >= 4 is 5.97 Å². The van der Waals surface area contributed by atoms with Crippen molar-refractivity contribution in [3.05, 3.63) is 11.6 Å². The lowest BCUT2D eigenvalue weighted by Gasteiger charge is -2.71. The van der Waals surface area contributed by atoms with Crippen LogP contribution in [0.4, 0.5) is 0 Å². The van der Waals surface area contributed by atoms with E-state index in [0.717, 1.165) is 12.8 Å². The molecule has 488 valence electrons. The van der Waals surface area contributed by atoms with Crippen LogP contribution < -0.4 is 0 Å². The van der Waals surface area contributed by atoms with Crippen LogP contribution in [0.25, 0.3) is 0 Å². The van der Waals surface area contributed by atoms with Crippen molar-refractivity contribution in [2.45, 2.75) is 267 Å². The summed E-state index contributed by atoms with van der Waals surface area (Å²) < 4.78 is 59.5. The van der Waals surface area contributed by atoms with Gasteiger partial charge in [-0.15, -0.1) is 0 Å². The van der Waals surface area contributed by atoms with Gasteiger partial charge in [0.2, 0.25) is 6.29 Å². The van der Waals surface area contributed by atoms with Crippen molar-refractivity contribution in [1.82, 2.24) is 0 Å². The van der Waals surface area contributed by atoms with Gasteiger partial charge >= 0.3 is 5.97 Å². The third-order valence-electron chi connectivity index (χ3n) is 23.3. The zero-order chi connectivity index (χ0) is 61.9. The van der Waals surface area contributed by atoms with Crippen molar-refractivity contribution in [1.29, 1.82) is 0 Å². The lowest BCUT2D eigenvalue weighted by molar-refractivity contribution is -0.365. The number of aliphatic hydroxyl groups excluding tert-OH is 15. The summed E-state index contributed by atoms with van der Waals surface area (Å²) in [6.45, 7) is 14.3. The number of fused-ring (bicyclic) bond motifs is 7. The van der Waals surface area contributed by atoms with Gasteiger partial charge in [-0.1, -0.05) is 53.2 Å². The van der Waals surface area contributed by atoms with Crippen molar-refractivity contribution in [2.24, 2.45) is 56.7 Å². The molecule has 9 fully saturated rings. The fourth-order valence-corrected chi connectivity index (χ4v) is 17.8. The quantitative estimate of drug-likeness (QED) is 0.0478. The highest BCUT2D eigenvalue weighted by molar-refractivity contribution is 5.79. The first-order valence-corrected chi connectivity index (χ1v) is 30.7. The van der Waals surface area contributed by atoms with E-state index in [1.807, 2.05) is 6.92 Å². The van der Waals surface area contributed by atoms with Crippen LogP contribution in [0.2, 0.25) is 0 Å². The Labute approximate surface area is 494 Å². The number of carbonyl (C=O) groups is 1. The summed E-state index contributed by atoms with van der Waals surface area (Å²) in [6.07, 6.45) is -30.1. The number of esters is 1. The molecule has 4 saturated carbocycles. The van der Waals surface area contributed by atoms with Crippen LogP contribution in [0.3, 0.4) is 0 Å². The van der Waals surface area contributed by atoms with Crippen LogP contribution >= 0.6 is 0 Å². The third kappa shape index (κ3) is 10.9. The smallest absolute Gasteiger partial charge is 0.315 e. The van der Waals surface area contributed by atoms with Gasteiger partial charge < -0.3 is 124 Å². The molecule has 5 aliphatic heterocycles. The molecule has 0 spiro atoms. The fraction of sp³-hybridized carbons (Fsp3) is 0.949. The van der Waals surface area contributed by atoms with E-state index in [-0.39, 0.29) is 53.6 Å². The minimum Gasteiger partial charge on any atom is -0.432 e. The van der Waals surface area contributed by atoms with Gasteiger partial charge in [0.25, 0.3) is 0 Å². The molecule has 0 aromatic heterocycles. The number of hydrogen-bond acceptors (Lipinski definition) is 26. The van der Waals surface area contributed by atoms with E-state index in [2.05, 4.69) is 40.7 Å². The van der Waals surface area contributed by atoms with Crippen molar-refractivity contribution in [2.75, 3.05) is 26.4 Å². The second kappa shape index (κ2) is 24.7. The Kier molecular flexibility index (Phi) is 19.2. The number of hydrogen-bond donors (Lipinski definition) is 15.